The number of ether oxygens (including phenoxy) is 1. The maximum Gasteiger partial charge on any atom is 0.279 e. The number of piperazine rings is 1. The van der Waals surface area contributed by atoms with Gasteiger partial charge in [0.25, 0.3) is 17.5 Å². The van der Waals surface area contributed by atoms with E-state index >= 15 is 0 Å². The second-order valence-corrected chi connectivity index (χ2v) is 10.6. The Labute approximate surface area is 208 Å². The van der Waals surface area contributed by atoms with Crippen molar-refractivity contribution in [2.45, 2.75) is 70.1 Å². The lowest BCUT2D eigenvalue weighted by Crippen LogP contribution is -2.75. The van der Waals surface area contributed by atoms with E-state index in [0.29, 0.717) is 29.5 Å². The summed E-state index contributed by atoms with van der Waals surface area (Å²) in [4.78, 5) is 43.3. The van der Waals surface area contributed by atoms with E-state index in [1.807, 2.05) is 0 Å². The Morgan fingerprint density at radius 3 is 2.56 bits per heavy atom. The average Bonchev–Trinajstić information content (AvgIpc) is 3.41. The molecular formula is C26H31N3O7. The second kappa shape index (κ2) is 7.89. The van der Waals surface area contributed by atoms with Crippen LogP contribution in [0.4, 0.5) is 0 Å². The predicted molar refractivity (Wildman–Crippen MR) is 129 cm³/mol. The minimum Gasteiger partial charge on any atom is -0.497 e. The van der Waals surface area contributed by atoms with Crippen molar-refractivity contribution in [1.82, 2.24) is 14.4 Å². The number of carbonyl (C=O) groups excluding carboxylic acids is 3. The molecule has 3 aliphatic heterocycles. The summed E-state index contributed by atoms with van der Waals surface area (Å²) in [6.07, 6.45) is 0.544. The van der Waals surface area contributed by atoms with Crippen LogP contribution in [-0.4, -0.2) is 78.4 Å². The molecule has 5 rings (SSSR count). The normalized spacial score (nSPS) is 27.6. The molecule has 0 saturated carbocycles. The molecular weight excluding hydrogens is 466 g/mol. The summed E-state index contributed by atoms with van der Waals surface area (Å²) in [5.74, 6) is -1.38. The molecule has 0 radical (unpaired) electrons. The molecule has 4 heterocycles. The summed E-state index contributed by atoms with van der Waals surface area (Å²) in [6, 6.07) is 2.78. The van der Waals surface area contributed by atoms with E-state index in [1.165, 1.54) is 36.5 Å². The number of amides is 2. The SMILES string of the molecule is COc1ccc2c3c(n(C(=O)C=C(C)C)c2c1)[C@H](C(C)(C)O)N1C(=O)[C@@H]2CCCN2C(=O)[C@]1(O)[C@H]3O. The number of hydrogen-bond donors (Lipinski definition) is 3. The minimum atomic E-state index is -2.64. The maximum atomic E-state index is 13.8. The molecule has 0 bridgehead atoms. The van der Waals surface area contributed by atoms with Gasteiger partial charge in [0.1, 0.15) is 23.9 Å². The van der Waals surface area contributed by atoms with E-state index in [-0.39, 0.29) is 17.8 Å². The highest BCUT2D eigenvalue weighted by atomic mass is 16.5. The molecule has 2 fully saturated rings. The Morgan fingerprint density at radius 2 is 1.94 bits per heavy atom. The van der Waals surface area contributed by atoms with Gasteiger partial charge in [0.2, 0.25) is 5.91 Å². The first-order valence-corrected chi connectivity index (χ1v) is 12.0. The van der Waals surface area contributed by atoms with Gasteiger partial charge in [0.05, 0.1) is 23.9 Å². The molecule has 0 spiro atoms. The van der Waals surface area contributed by atoms with E-state index < -0.39 is 47.2 Å². The second-order valence-electron chi connectivity index (χ2n) is 10.6. The molecule has 2 amide bonds. The van der Waals surface area contributed by atoms with Crippen LogP contribution < -0.4 is 4.74 Å². The van der Waals surface area contributed by atoms with E-state index in [1.54, 1.807) is 32.0 Å². The van der Waals surface area contributed by atoms with Gasteiger partial charge < -0.3 is 25.0 Å². The van der Waals surface area contributed by atoms with Gasteiger partial charge in [0.15, 0.2) is 0 Å². The number of aliphatic hydroxyl groups excluding tert-OH is 1. The Morgan fingerprint density at radius 1 is 1.25 bits per heavy atom. The van der Waals surface area contributed by atoms with Gasteiger partial charge >= 0.3 is 0 Å². The van der Waals surface area contributed by atoms with Crippen LogP contribution in [0, 0.1) is 0 Å². The van der Waals surface area contributed by atoms with E-state index in [0.717, 1.165) is 10.5 Å². The Balaban J connectivity index is 1.91. The van der Waals surface area contributed by atoms with E-state index in [4.69, 9.17) is 4.74 Å². The van der Waals surface area contributed by atoms with Crippen molar-refractivity contribution in [3.63, 3.8) is 0 Å². The number of hydrogen-bond acceptors (Lipinski definition) is 7. The largest absolute Gasteiger partial charge is 0.497 e. The van der Waals surface area contributed by atoms with Gasteiger partial charge in [-0.05, 0) is 52.7 Å². The molecule has 10 nitrogen and oxygen atoms in total. The van der Waals surface area contributed by atoms with Crippen molar-refractivity contribution in [3.05, 3.63) is 41.1 Å². The summed E-state index contributed by atoms with van der Waals surface area (Å²) in [5, 5.41) is 35.4. The summed E-state index contributed by atoms with van der Waals surface area (Å²) in [7, 11) is 1.48. The zero-order valence-electron chi connectivity index (χ0n) is 21.0. The minimum absolute atomic E-state index is 0.118. The summed E-state index contributed by atoms with van der Waals surface area (Å²) < 4.78 is 6.70. The first-order valence-electron chi connectivity index (χ1n) is 12.0. The van der Waals surface area contributed by atoms with Crippen LogP contribution in [0.25, 0.3) is 10.9 Å². The smallest absolute Gasteiger partial charge is 0.279 e. The number of benzene rings is 1. The Bertz CT molecular complexity index is 1330. The van der Waals surface area contributed by atoms with E-state index in [2.05, 4.69) is 0 Å². The van der Waals surface area contributed by atoms with Crippen LogP contribution in [-0.2, 0) is 9.59 Å². The summed E-state index contributed by atoms with van der Waals surface area (Å²) in [5.41, 5.74) is -3.00. The van der Waals surface area contributed by atoms with Crippen molar-refractivity contribution in [2.75, 3.05) is 13.7 Å². The zero-order valence-corrected chi connectivity index (χ0v) is 21.0. The van der Waals surface area contributed by atoms with Crippen molar-refractivity contribution >= 4 is 28.6 Å². The first kappa shape index (κ1) is 24.5. The maximum absolute atomic E-state index is 13.8. The fourth-order valence-corrected chi connectivity index (χ4v) is 6.00. The summed E-state index contributed by atoms with van der Waals surface area (Å²) >= 11 is 0. The number of carbonyl (C=O) groups is 3. The van der Waals surface area contributed by atoms with Gasteiger partial charge in [0, 0.05) is 29.6 Å². The highest BCUT2D eigenvalue weighted by molar-refractivity contribution is 6.05. The van der Waals surface area contributed by atoms with Crippen LogP contribution in [0.15, 0.2) is 29.8 Å². The van der Waals surface area contributed by atoms with Crippen LogP contribution in [0.2, 0.25) is 0 Å². The van der Waals surface area contributed by atoms with Gasteiger partial charge in [-0.15, -0.1) is 0 Å². The fourth-order valence-electron chi connectivity index (χ4n) is 6.00. The number of fused-ring (bicyclic) bond motifs is 5. The predicted octanol–water partition coefficient (Wildman–Crippen LogP) is 1.64. The van der Waals surface area contributed by atoms with Crippen LogP contribution in [0.3, 0.4) is 0 Å². The quantitative estimate of drug-likeness (QED) is 0.549. The molecule has 1 aromatic carbocycles. The molecule has 1 aromatic heterocycles. The monoisotopic (exact) mass is 497 g/mol. The molecule has 2 saturated heterocycles. The van der Waals surface area contributed by atoms with Crippen LogP contribution in [0.1, 0.15) is 68.7 Å². The van der Waals surface area contributed by atoms with Crippen molar-refractivity contribution in [3.8, 4) is 5.75 Å². The Kier molecular flexibility index (Phi) is 5.37. The third kappa shape index (κ3) is 3.11. The highest BCUT2D eigenvalue weighted by Crippen LogP contribution is 2.54. The molecule has 36 heavy (non-hydrogen) atoms. The van der Waals surface area contributed by atoms with Crippen molar-refractivity contribution < 1.29 is 34.4 Å². The number of nitrogens with zero attached hydrogens (tertiary/aromatic N) is 3. The standard InChI is InChI=1S/C26H31N3O7/c1-13(2)11-18(30)28-17-12-14(36-5)8-9-15(17)19-20(28)21(25(3,4)34)29-23(32)16-7-6-10-27(16)24(33)26(29,35)22(19)31/h8-9,11-12,16,21-22,31,34-35H,6-7,10H2,1-5H3/t16-,21+,22-,26+/m0/s1. The molecule has 0 aliphatic carbocycles. The molecule has 2 aromatic rings. The van der Waals surface area contributed by atoms with Crippen molar-refractivity contribution in [2.24, 2.45) is 0 Å². The number of rotatable bonds is 3. The zero-order chi connectivity index (χ0) is 26.3. The fraction of sp³-hybridized carbons (Fsp3) is 0.500. The molecule has 3 aliphatic rings. The lowest BCUT2D eigenvalue weighted by atomic mass is 9.78. The number of methoxy groups -OCH3 is 1. The van der Waals surface area contributed by atoms with Gasteiger partial charge in [-0.3, -0.25) is 23.9 Å². The molecule has 3 N–H and O–H groups in total. The molecule has 10 heteroatoms. The van der Waals surface area contributed by atoms with Gasteiger partial charge in [-0.25, -0.2) is 0 Å². The average molecular weight is 498 g/mol. The summed E-state index contributed by atoms with van der Waals surface area (Å²) in [6.45, 7) is 6.72. The molecule has 4 atom stereocenters. The highest BCUT2D eigenvalue weighted by Gasteiger charge is 2.68. The lowest BCUT2D eigenvalue weighted by Gasteiger charge is -2.56. The number of aliphatic hydroxyl groups is 3. The third-order valence-electron chi connectivity index (χ3n) is 7.44. The van der Waals surface area contributed by atoms with Crippen LogP contribution in [0.5, 0.6) is 5.75 Å². The third-order valence-corrected chi connectivity index (χ3v) is 7.44. The van der Waals surface area contributed by atoms with E-state index in [9.17, 15) is 29.7 Å². The lowest BCUT2D eigenvalue weighted by molar-refractivity contribution is -0.243. The van der Waals surface area contributed by atoms with Crippen molar-refractivity contribution in [1.29, 1.82) is 0 Å². The topological polar surface area (TPSA) is 133 Å². The first-order chi connectivity index (χ1) is 16.8. The van der Waals surface area contributed by atoms with Crippen LogP contribution >= 0.6 is 0 Å². The number of aromatic nitrogens is 1. The number of allylic oxidation sites excluding steroid dienone is 2. The Hall–Kier alpha value is -3.21. The van der Waals surface area contributed by atoms with Gasteiger partial charge in [-0.1, -0.05) is 5.57 Å². The van der Waals surface area contributed by atoms with Gasteiger partial charge in [-0.2, -0.15) is 0 Å². The molecule has 0 unspecified atom stereocenters. The molecule has 192 valence electrons.